The summed E-state index contributed by atoms with van der Waals surface area (Å²) in [4.78, 5) is 14.7. The van der Waals surface area contributed by atoms with E-state index in [1.165, 1.54) is 4.88 Å². The van der Waals surface area contributed by atoms with E-state index in [9.17, 15) is 4.79 Å². The minimum absolute atomic E-state index is 0.0952. The summed E-state index contributed by atoms with van der Waals surface area (Å²) < 4.78 is 0. The second kappa shape index (κ2) is 6.88. The lowest BCUT2D eigenvalue weighted by molar-refractivity contribution is -0.122. The lowest BCUT2D eigenvalue weighted by Gasteiger charge is -2.31. The summed E-state index contributed by atoms with van der Waals surface area (Å²) in [5.41, 5.74) is 6.75. The number of nitrogens with one attached hydrogen (secondary N) is 2. The molecular formula is C13H22N4OS. The van der Waals surface area contributed by atoms with Gasteiger partial charge in [0.1, 0.15) is 0 Å². The first-order valence-corrected chi connectivity index (χ1v) is 7.55. The van der Waals surface area contributed by atoms with E-state index in [4.69, 9.17) is 5.73 Å². The van der Waals surface area contributed by atoms with Gasteiger partial charge in [-0.3, -0.25) is 9.69 Å². The lowest BCUT2D eigenvalue weighted by Crippen LogP contribution is -2.45. The van der Waals surface area contributed by atoms with E-state index in [1.54, 1.807) is 18.4 Å². The number of amides is 1. The number of thiophene rings is 1. The Kier molecular flexibility index (Phi) is 5.18. The van der Waals surface area contributed by atoms with Crippen LogP contribution in [-0.4, -0.2) is 43.5 Å². The quantitative estimate of drug-likeness (QED) is 0.741. The Labute approximate surface area is 118 Å². The number of rotatable bonds is 5. The highest BCUT2D eigenvalue weighted by molar-refractivity contribution is 7.10. The summed E-state index contributed by atoms with van der Waals surface area (Å²) in [7, 11) is 1.68. The number of anilines is 1. The minimum Gasteiger partial charge on any atom is -0.398 e. The first-order valence-electron chi connectivity index (χ1n) is 6.67. The SMILES string of the molecule is CNC(=O)CN1CCC(NCc2sccc2N)CC1. The Morgan fingerprint density at radius 2 is 2.26 bits per heavy atom. The van der Waals surface area contributed by atoms with Crippen LogP contribution in [0.5, 0.6) is 0 Å². The predicted octanol–water partition coefficient (Wildman–Crippen LogP) is 0.630. The standard InChI is InChI=1S/C13H22N4OS/c1-15-13(18)9-17-5-2-10(3-6-17)16-8-12-11(14)4-7-19-12/h4,7,10,16H,2-3,5-6,8-9,14H2,1H3,(H,15,18). The molecule has 1 aliphatic heterocycles. The molecule has 0 atom stereocenters. The van der Waals surface area contributed by atoms with E-state index >= 15 is 0 Å². The molecule has 1 aromatic heterocycles. The number of hydrogen-bond acceptors (Lipinski definition) is 5. The third-order valence-corrected chi connectivity index (χ3v) is 4.50. The van der Waals surface area contributed by atoms with Crippen molar-refractivity contribution in [3.63, 3.8) is 0 Å². The summed E-state index contributed by atoms with van der Waals surface area (Å²) in [6.45, 7) is 3.32. The molecule has 0 bridgehead atoms. The van der Waals surface area contributed by atoms with Gasteiger partial charge in [-0.25, -0.2) is 0 Å². The molecule has 2 rings (SSSR count). The summed E-state index contributed by atoms with van der Waals surface area (Å²) in [5, 5.41) is 8.25. The normalized spacial score (nSPS) is 17.5. The number of likely N-dealkylation sites (N-methyl/N-ethyl adjacent to an activating group) is 1. The van der Waals surface area contributed by atoms with Gasteiger partial charge in [-0.05, 0) is 24.3 Å². The fourth-order valence-electron chi connectivity index (χ4n) is 2.31. The van der Waals surface area contributed by atoms with Crippen molar-refractivity contribution in [3.8, 4) is 0 Å². The highest BCUT2D eigenvalue weighted by Gasteiger charge is 2.20. The minimum atomic E-state index is 0.0952. The molecule has 1 aliphatic rings. The average molecular weight is 282 g/mol. The Hall–Kier alpha value is -1.11. The zero-order valence-corrected chi connectivity index (χ0v) is 12.1. The van der Waals surface area contributed by atoms with Gasteiger partial charge < -0.3 is 16.4 Å². The van der Waals surface area contributed by atoms with Gasteiger partial charge in [0.05, 0.1) is 6.54 Å². The molecule has 1 aromatic rings. The maximum absolute atomic E-state index is 11.3. The predicted molar refractivity (Wildman–Crippen MR) is 79.1 cm³/mol. The summed E-state index contributed by atoms with van der Waals surface area (Å²) >= 11 is 1.70. The fourth-order valence-corrected chi connectivity index (χ4v) is 3.06. The third-order valence-electron chi connectivity index (χ3n) is 3.56. The molecule has 106 valence electrons. The van der Waals surface area contributed by atoms with Gasteiger partial charge in [0.2, 0.25) is 5.91 Å². The third kappa shape index (κ3) is 4.19. The Morgan fingerprint density at radius 1 is 1.53 bits per heavy atom. The Morgan fingerprint density at radius 3 is 2.84 bits per heavy atom. The molecule has 0 aromatic carbocycles. The number of hydrogen-bond donors (Lipinski definition) is 3. The number of nitrogens with zero attached hydrogens (tertiary/aromatic N) is 1. The highest BCUT2D eigenvalue weighted by Crippen LogP contribution is 2.19. The molecular weight excluding hydrogens is 260 g/mol. The van der Waals surface area contributed by atoms with Crippen molar-refractivity contribution in [2.75, 3.05) is 32.4 Å². The zero-order valence-electron chi connectivity index (χ0n) is 11.3. The maximum Gasteiger partial charge on any atom is 0.233 e. The maximum atomic E-state index is 11.3. The van der Waals surface area contributed by atoms with Gasteiger partial charge in [-0.2, -0.15) is 0 Å². The molecule has 0 aliphatic carbocycles. The molecule has 0 unspecified atom stereocenters. The van der Waals surface area contributed by atoms with Crippen LogP contribution in [0.25, 0.3) is 0 Å². The van der Waals surface area contributed by atoms with E-state index in [-0.39, 0.29) is 5.91 Å². The molecule has 19 heavy (non-hydrogen) atoms. The Balaban J connectivity index is 1.69. The molecule has 1 fully saturated rings. The van der Waals surface area contributed by atoms with E-state index in [0.29, 0.717) is 12.6 Å². The van der Waals surface area contributed by atoms with Gasteiger partial charge in [0, 0.05) is 43.3 Å². The molecule has 6 heteroatoms. The summed E-state index contributed by atoms with van der Waals surface area (Å²) in [6.07, 6.45) is 2.17. The van der Waals surface area contributed by atoms with Crippen LogP contribution in [0.3, 0.4) is 0 Å². The second-order valence-corrected chi connectivity index (χ2v) is 5.90. The molecule has 0 radical (unpaired) electrons. The topological polar surface area (TPSA) is 70.4 Å². The van der Waals surface area contributed by atoms with Crippen molar-refractivity contribution < 1.29 is 4.79 Å². The van der Waals surface area contributed by atoms with Gasteiger partial charge in [-0.1, -0.05) is 0 Å². The van der Waals surface area contributed by atoms with E-state index in [0.717, 1.165) is 38.2 Å². The number of piperidine rings is 1. The van der Waals surface area contributed by atoms with Crippen LogP contribution >= 0.6 is 11.3 Å². The van der Waals surface area contributed by atoms with Crippen molar-refractivity contribution in [3.05, 3.63) is 16.3 Å². The monoisotopic (exact) mass is 282 g/mol. The molecule has 1 saturated heterocycles. The van der Waals surface area contributed by atoms with Crippen LogP contribution in [0, 0.1) is 0 Å². The molecule has 2 heterocycles. The van der Waals surface area contributed by atoms with Crippen LogP contribution in [0.4, 0.5) is 5.69 Å². The molecule has 1 amide bonds. The number of nitrogen functional groups attached to an aromatic ring is 1. The average Bonchev–Trinajstić information content (AvgIpc) is 2.83. The van der Waals surface area contributed by atoms with E-state index in [1.807, 2.05) is 11.4 Å². The van der Waals surface area contributed by atoms with Crippen LogP contribution in [0.1, 0.15) is 17.7 Å². The van der Waals surface area contributed by atoms with E-state index < -0.39 is 0 Å². The first-order chi connectivity index (χ1) is 9.19. The van der Waals surface area contributed by atoms with Crippen LogP contribution in [-0.2, 0) is 11.3 Å². The number of carbonyl (C=O) groups is 1. The molecule has 0 saturated carbocycles. The number of carbonyl (C=O) groups excluding carboxylic acids is 1. The fraction of sp³-hybridized carbons (Fsp3) is 0.615. The smallest absolute Gasteiger partial charge is 0.233 e. The molecule has 0 spiro atoms. The largest absolute Gasteiger partial charge is 0.398 e. The van der Waals surface area contributed by atoms with Gasteiger partial charge in [0.25, 0.3) is 0 Å². The van der Waals surface area contributed by atoms with Crippen molar-refractivity contribution >= 4 is 22.9 Å². The molecule has 4 N–H and O–H groups in total. The molecule has 5 nitrogen and oxygen atoms in total. The van der Waals surface area contributed by atoms with Crippen LogP contribution in [0.2, 0.25) is 0 Å². The van der Waals surface area contributed by atoms with Gasteiger partial charge in [0.15, 0.2) is 0 Å². The van der Waals surface area contributed by atoms with Crippen molar-refractivity contribution in [1.82, 2.24) is 15.5 Å². The number of likely N-dealkylation sites (tertiary alicyclic amines) is 1. The van der Waals surface area contributed by atoms with E-state index in [2.05, 4.69) is 15.5 Å². The zero-order chi connectivity index (χ0) is 13.7. The van der Waals surface area contributed by atoms with Crippen molar-refractivity contribution in [1.29, 1.82) is 0 Å². The second-order valence-electron chi connectivity index (χ2n) is 4.90. The van der Waals surface area contributed by atoms with Crippen molar-refractivity contribution in [2.45, 2.75) is 25.4 Å². The number of nitrogens with two attached hydrogens (primary N) is 1. The van der Waals surface area contributed by atoms with Gasteiger partial charge in [-0.15, -0.1) is 11.3 Å². The van der Waals surface area contributed by atoms with Gasteiger partial charge >= 0.3 is 0 Å². The summed E-state index contributed by atoms with van der Waals surface area (Å²) in [5.74, 6) is 0.0952. The lowest BCUT2D eigenvalue weighted by atomic mass is 10.1. The first kappa shape index (κ1) is 14.3. The van der Waals surface area contributed by atoms with Crippen LogP contribution in [0.15, 0.2) is 11.4 Å². The van der Waals surface area contributed by atoms with Crippen molar-refractivity contribution in [2.24, 2.45) is 0 Å². The Bertz CT molecular complexity index is 413. The summed E-state index contributed by atoms with van der Waals surface area (Å²) in [6, 6.07) is 2.48. The van der Waals surface area contributed by atoms with Crippen LogP contribution < -0.4 is 16.4 Å². The highest BCUT2D eigenvalue weighted by atomic mass is 32.1.